The molecule has 53 heavy (non-hydrogen) atoms. The minimum atomic E-state index is 0. The van der Waals surface area contributed by atoms with Crippen LogP contribution in [0.4, 0.5) is 0 Å². The van der Waals surface area contributed by atoms with Crippen LogP contribution in [0, 0.1) is 6.07 Å². The van der Waals surface area contributed by atoms with Crippen LogP contribution in [0.5, 0.6) is 5.75 Å². The van der Waals surface area contributed by atoms with Crippen molar-refractivity contribution in [3.8, 4) is 50.9 Å². The topological polar surface area (TPSA) is 60.3 Å². The van der Waals surface area contributed by atoms with Gasteiger partial charge >= 0.3 is 0 Å². The largest absolute Gasteiger partial charge is 0.515 e. The van der Waals surface area contributed by atoms with Gasteiger partial charge in [-0.1, -0.05) is 112 Å². The predicted molar refractivity (Wildman–Crippen MR) is 212 cm³/mol. The average Bonchev–Trinajstić information content (AvgIpc) is 3.86. The molecule has 9 rings (SSSR count). The molecule has 3 aromatic heterocycles. The van der Waals surface area contributed by atoms with Crippen LogP contribution in [0.2, 0.25) is 0 Å². The zero-order valence-corrected chi connectivity index (χ0v) is 32.2. The van der Waals surface area contributed by atoms with Crippen LogP contribution in [0.3, 0.4) is 0 Å². The van der Waals surface area contributed by atoms with Gasteiger partial charge in [0.25, 0.3) is 0 Å². The molecule has 6 aromatic carbocycles. The first-order valence-electron chi connectivity index (χ1n) is 17.9. The third kappa shape index (κ3) is 5.69. The first-order chi connectivity index (χ1) is 25.4. The van der Waals surface area contributed by atoms with E-state index in [1.54, 1.807) is 6.07 Å². The second-order valence-corrected chi connectivity index (χ2v) is 14.0. The number of hydrogen-bond acceptors (Lipinski definition) is 3. The molecule has 0 aliphatic rings. The fraction of sp³-hybridized carbons (Fsp3) is 0.130. The molecule has 7 heteroatoms. The van der Waals surface area contributed by atoms with Crippen molar-refractivity contribution in [1.82, 2.24) is 23.5 Å². The van der Waals surface area contributed by atoms with E-state index in [0.717, 1.165) is 73.0 Å². The Hall–Kier alpha value is -5.71. The summed E-state index contributed by atoms with van der Waals surface area (Å²) in [7, 11) is 0. The molecule has 3 heterocycles. The third-order valence-corrected chi connectivity index (χ3v) is 10.0. The molecule has 0 unspecified atom stereocenters. The van der Waals surface area contributed by atoms with Crippen LogP contribution in [0.25, 0.3) is 73.0 Å². The minimum Gasteiger partial charge on any atom is -0.515 e. The number of hydrogen-bond donors (Lipinski definition) is 1. The number of fused-ring (bicyclic) bond motifs is 5. The molecule has 0 bridgehead atoms. The van der Waals surface area contributed by atoms with Crippen LogP contribution in [-0.4, -0.2) is 28.6 Å². The number of benzene rings is 6. The van der Waals surface area contributed by atoms with Crippen molar-refractivity contribution in [2.45, 2.75) is 39.5 Å². The van der Waals surface area contributed by atoms with Gasteiger partial charge in [-0.05, 0) is 64.9 Å². The number of nitrogens with zero attached hydrogens (tertiary/aromatic N) is 5. The zero-order chi connectivity index (χ0) is 35.5. The molecule has 0 fully saturated rings. The monoisotopic (exact) mass is 871 g/mol. The molecule has 0 spiro atoms. The summed E-state index contributed by atoms with van der Waals surface area (Å²) in [5, 5.41) is 10.8. The molecule has 0 radical (unpaired) electrons. The molecule has 0 amide bonds. The number of phenolic OH excluding ortho intramolecular Hbond substituents is 1. The Morgan fingerprint density at radius 1 is 0.585 bits per heavy atom. The SMILES string of the molecule is CC(C)c1cccc(C(C)C)c1-n1cc(-c2cccc3c2nc2n(-c4ccccc4)c4ccccc4n32)nc1-c1[c-]c(-c2ccccc2O)ccc1.[Pt]. The van der Waals surface area contributed by atoms with Crippen LogP contribution < -0.4 is 0 Å². The fourth-order valence-corrected chi connectivity index (χ4v) is 7.58. The summed E-state index contributed by atoms with van der Waals surface area (Å²) in [6, 6.07) is 49.0. The van der Waals surface area contributed by atoms with Crippen LogP contribution in [0.1, 0.15) is 50.7 Å². The Bertz CT molecular complexity index is 2750. The van der Waals surface area contributed by atoms with Crippen molar-refractivity contribution in [3.63, 3.8) is 0 Å². The molecule has 6 nitrogen and oxygen atoms in total. The Morgan fingerprint density at radius 2 is 1.19 bits per heavy atom. The maximum absolute atomic E-state index is 10.8. The molecule has 0 atom stereocenters. The number of aromatic hydroxyl groups is 1. The summed E-state index contributed by atoms with van der Waals surface area (Å²) in [4.78, 5) is 10.8. The fourth-order valence-electron chi connectivity index (χ4n) is 7.58. The number of imidazole rings is 3. The van der Waals surface area contributed by atoms with E-state index in [1.165, 1.54) is 11.1 Å². The van der Waals surface area contributed by atoms with Gasteiger partial charge in [0.15, 0.2) is 0 Å². The van der Waals surface area contributed by atoms with E-state index in [1.807, 2.05) is 36.4 Å². The van der Waals surface area contributed by atoms with Crippen molar-refractivity contribution in [1.29, 1.82) is 0 Å². The second-order valence-electron chi connectivity index (χ2n) is 14.0. The van der Waals surface area contributed by atoms with E-state index in [9.17, 15) is 5.11 Å². The second kappa shape index (κ2) is 13.7. The standard InChI is InChI=1S/C46H38N5O.Pt/c1-29(2)34-20-13-21-35(30(3)4)44(34)49-28-38(47-45(49)32-16-12-15-31(27-32)36-19-8-11-26-42(36)52)37-22-14-25-41-43(37)48-46-50(33-17-6-5-7-18-33)39-23-9-10-24-40(39)51(41)46;/h5-26,28-30,52H,1-4H3;/q-1;. The predicted octanol–water partition coefficient (Wildman–Crippen LogP) is 11.4. The van der Waals surface area contributed by atoms with Crippen molar-refractivity contribution in [3.05, 3.63) is 157 Å². The van der Waals surface area contributed by atoms with Crippen molar-refractivity contribution >= 4 is 27.8 Å². The molecule has 264 valence electrons. The molecule has 0 saturated carbocycles. The number of para-hydroxylation sites is 6. The maximum Gasteiger partial charge on any atom is 0.220 e. The van der Waals surface area contributed by atoms with Crippen molar-refractivity contribution < 1.29 is 26.2 Å². The number of phenols is 1. The maximum atomic E-state index is 10.8. The van der Waals surface area contributed by atoms with Gasteiger partial charge in [-0.25, -0.2) is 4.98 Å². The van der Waals surface area contributed by atoms with Gasteiger partial charge in [0, 0.05) is 44.2 Å². The van der Waals surface area contributed by atoms with E-state index in [0.29, 0.717) is 0 Å². The average molecular weight is 872 g/mol. The summed E-state index contributed by atoms with van der Waals surface area (Å²) in [5.41, 5.74) is 13.0. The third-order valence-electron chi connectivity index (χ3n) is 10.0. The minimum absolute atomic E-state index is 0. The van der Waals surface area contributed by atoms with Gasteiger partial charge in [-0.2, -0.15) is 0 Å². The molecule has 1 N–H and O–H groups in total. The van der Waals surface area contributed by atoms with E-state index < -0.39 is 0 Å². The Morgan fingerprint density at radius 3 is 1.92 bits per heavy atom. The molecule has 9 aromatic rings. The van der Waals surface area contributed by atoms with Gasteiger partial charge in [0.1, 0.15) is 5.52 Å². The Labute approximate surface area is 323 Å². The smallest absolute Gasteiger partial charge is 0.220 e. The zero-order valence-electron chi connectivity index (χ0n) is 29.9. The summed E-state index contributed by atoms with van der Waals surface area (Å²) in [6.45, 7) is 8.98. The molecule has 0 aliphatic carbocycles. The van der Waals surface area contributed by atoms with Crippen LogP contribution in [-0.2, 0) is 21.1 Å². The Balaban J connectivity index is 0.00000400. The molecular weight excluding hydrogens is 834 g/mol. The van der Waals surface area contributed by atoms with E-state index >= 15 is 0 Å². The molecule has 0 aliphatic heterocycles. The summed E-state index contributed by atoms with van der Waals surface area (Å²) in [5.74, 6) is 2.42. The van der Waals surface area contributed by atoms with Crippen molar-refractivity contribution in [2.75, 3.05) is 0 Å². The number of rotatable bonds is 7. The Kier molecular flexibility index (Phi) is 8.88. The van der Waals surface area contributed by atoms with Crippen LogP contribution >= 0.6 is 0 Å². The number of aromatic nitrogens is 5. The van der Waals surface area contributed by atoms with E-state index in [-0.39, 0.29) is 38.7 Å². The molecular formula is C46H38N5OPt-. The summed E-state index contributed by atoms with van der Waals surface area (Å²) < 4.78 is 6.75. The first kappa shape index (κ1) is 34.4. The summed E-state index contributed by atoms with van der Waals surface area (Å²) >= 11 is 0. The van der Waals surface area contributed by atoms with E-state index in [4.69, 9.17) is 9.97 Å². The van der Waals surface area contributed by atoms with Gasteiger partial charge in [-0.15, -0.1) is 29.8 Å². The quantitative estimate of drug-likeness (QED) is 0.162. The molecule has 0 saturated heterocycles. The first-order valence-corrected chi connectivity index (χ1v) is 17.9. The normalized spacial score (nSPS) is 11.7. The van der Waals surface area contributed by atoms with Gasteiger partial charge in [0.05, 0.1) is 33.8 Å². The van der Waals surface area contributed by atoms with Gasteiger partial charge in [-0.3, -0.25) is 14.0 Å². The van der Waals surface area contributed by atoms with E-state index in [2.05, 4.69) is 144 Å². The van der Waals surface area contributed by atoms with Crippen molar-refractivity contribution in [2.24, 2.45) is 0 Å². The van der Waals surface area contributed by atoms with Crippen LogP contribution in [0.15, 0.2) is 140 Å². The summed E-state index contributed by atoms with van der Waals surface area (Å²) in [6.07, 6.45) is 2.17. The van der Waals surface area contributed by atoms with Gasteiger partial charge < -0.3 is 9.67 Å². The van der Waals surface area contributed by atoms with Gasteiger partial charge in [0.2, 0.25) is 5.78 Å².